The van der Waals surface area contributed by atoms with Crippen LogP contribution in [0.5, 0.6) is 0 Å². The molecule has 0 aromatic rings. The Labute approximate surface area is 95.9 Å². The molecule has 1 unspecified atom stereocenters. The molecule has 0 spiro atoms. The minimum Gasteiger partial charge on any atom is -0.348 e. The summed E-state index contributed by atoms with van der Waals surface area (Å²) in [5.74, 6) is 2.25. The molecule has 2 aliphatic heterocycles. The molecule has 1 amide bonds. The van der Waals surface area contributed by atoms with E-state index >= 15 is 0 Å². The van der Waals surface area contributed by atoms with Gasteiger partial charge >= 0.3 is 0 Å². The Morgan fingerprint density at radius 1 is 1.44 bits per heavy atom. The average Bonchev–Trinajstić information content (AvgIpc) is 2.60. The molecule has 2 heterocycles. The number of rotatable bonds is 1. The number of hydrogen-bond donors (Lipinski definition) is 0. The van der Waals surface area contributed by atoms with Gasteiger partial charge in [0.05, 0.1) is 19.3 Å². The van der Waals surface area contributed by atoms with E-state index in [1.807, 2.05) is 13.8 Å². The van der Waals surface area contributed by atoms with Crippen molar-refractivity contribution in [1.29, 1.82) is 0 Å². The Bertz CT molecular complexity index is 322. The molecule has 1 atom stereocenters. The van der Waals surface area contributed by atoms with Gasteiger partial charge in [0.1, 0.15) is 0 Å². The molecule has 2 fully saturated rings. The van der Waals surface area contributed by atoms with Crippen LogP contribution in [0, 0.1) is 18.3 Å². The SMILES string of the molecule is C#CC1CC(=O)N(C2COC(C)(C)OC2)C1. The lowest BCUT2D eigenvalue weighted by molar-refractivity contribution is -0.262. The van der Waals surface area contributed by atoms with Gasteiger partial charge in [-0.25, -0.2) is 0 Å². The second-order valence-electron chi connectivity index (χ2n) is 4.79. The zero-order valence-electron chi connectivity index (χ0n) is 9.73. The largest absolute Gasteiger partial charge is 0.348 e. The van der Waals surface area contributed by atoms with Crippen molar-refractivity contribution in [3.63, 3.8) is 0 Å². The van der Waals surface area contributed by atoms with Crippen molar-refractivity contribution < 1.29 is 14.3 Å². The standard InChI is InChI=1S/C12H17NO3/c1-4-9-5-11(14)13(6-9)10-7-15-12(2,3)16-8-10/h1,9-10H,5-8H2,2-3H3. The quantitative estimate of drug-likeness (QED) is 0.612. The first-order chi connectivity index (χ1) is 7.52. The highest BCUT2D eigenvalue weighted by Crippen LogP contribution is 2.25. The van der Waals surface area contributed by atoms with E-state index in [-0.39, 0.29) is 17.9 Å². The number of likely N-dealkylation sites (tertiary alicyclic amines) is 1. The number of carbonyl (C=O) groups is 1. The molecule has 0 bridgehead atoms. The summed E-state index contributed by atoms with van der Waals surface area (Å²) in [7, 11) is 0. The Morgan fingerprint density at radius 3 is 2.56 bits per heavy atom. The average molecular weight is 223 g/mol. The first-order valence-corrected chi connectivity index (χ1v) is 5.55. The molecule has 0 radical (unpaired) electrons. The van der Waals surface area contributed by atoms with Crippen molar-refractivity contribution in [3.8, 4) is 12.3 Å². The Hall–Kier alpha value is -1.05. The van der Waals surface area contributed by atoms with Gasteiger partial charge in [-0.15, -0.1) is 12.3 Å². The summed E-state index contributed by atoms with van der Waals surface area (Å²) >= 11 is 0. The number of amides is 1. The molecule has 0 N–H and O–H groups in total. The van der Waals surface area contributed by atoms with Gasteiger partial charge in [0.15, 0.2) is 5.79 Å². The predicted molar refractivity (Wildman–Crippen MR) is 58.4 cm³/mol. The van der Waals surface area contributed by atoms with E-state index in [9.17, 15) is 4.79 Å². The van der Waals surface area contributed by atoms with Gasteiger partial charge in [-0.05, 0) is 13.8 Å². The molecule has 2 aliphatic rings. The maximum Gasteiger partial charge on any atom is 0.224 e. The van der Waals surface area contributed by atoms with Crippen molar-refractivity contribution in [2.24, 2.45) is 5.92 Å². The number of carbonyl (C=O) groups excluding carboxylic acids is 1. The third kappa shape index (κ3) is 2.21. The van der Waals surface area contributed by atoms with Crippen LogP contribution in [0.1, 0.15) is 20.3 Å². The van der Waals surface area contributed by atoms with Crippen molar-refractivity contribution >= 4 is 5.91 Å². The smallest absolute Gasteiger partial charge is 0.224 e. The molecule has 88 valence electrons. The van der Waals surface area contributed by atoms with Crippen LogP contribution in [0.2, 0.25) is 0 Å². The lowest BCUT2D eigenvalue weighted by atomic mass is 10.1. The third-order valence-electron chi connectivity index (χ3n) is 3.08. The van der Waals surface area contributed by atoms with E-state index < -0.39 is 5.79 Å². The van der Waals surface area contributed by atoms with Gasteiger partial charge in [-0.1, -0.05) is 0 Å². The molecule has 0 aromatic carbocycles. The monoisotopic (exact) mass is 223 g/mol. The molecule has 0 aliphatic carbocycles. The first kappa shape index (κ1) is 11.4. The van der Waals surface area contributed by atoms with Gasteiger partial charge in [-0.2, -0.15) is 0 Å². The van der Waals surface area contributed by atoms with Crippen LogP contribution in [-0.4, -0.2) is 42.4 Å². The highest BCUT2D eigenvalue weighted by molar-refractivity contribution is 5.79. The molecular weight excluding hydrogens is 206 g/mol. The van der Waals surface area contributed by atoms with E-state index in [2.05, 4.69) is 5.92 Å². The van der Waals surface area contributed by atoms with Gasteiger partial charge in [0.2, 0.25) is 5.91 Å². The molecule has 4 heteroatoms. The van der Waals surface area contributed by atoms with Gasteiger partial charge in [0.25, 0.3) is 0 Å². The Morgan fingerprint density at radius 2 is 2.06 bits per heavy atom. The number of ether oxygens (including phenoxy) is 2. The lowest BCUT2D eigenvalue weighted by Gasteiger charge is -2.38. The van der Waals surface area contributed by atoms with E-state index in [1.165, 1.54) is 0 Å². The number of nitrogens with zero attached hydrogens (tertiary/aromatic N) is 1. The van der Waals surface area contributed by atoms with Gasteiger partial charge in [-0.3, -0.25) is 4.79 Å². The Balaban J connectivity index is 1.95. The highest BCUT2D eigenvalue weighted by atomic mass is 16.7. The molecule has 16 heavy (non-hydrogen) atoms. The van der Waals surface area contributed by atoms with E-state index in [0.29, 0.717) is 26.2 Å². The summed E-state index contributed by atoms with van der Waals surface area (Å²) in [6, 6.07) is 0.0128. The second kappa shape index (κ2) is 4.08. The number of hydrogen-bond acceptors (Lipinski definition) is 3. The van der Waals surface area contributed by atoms with Crippen LogP contribution in [0.3, 0.4) is 0 Å². The minimum absolute atomic E-state index is 0.0128. The zero-order chi connectivity index (χ0) is 11.8. The first-order valence-electron chi connectivity index (χ1n) is 5.55. The topological polar surface area (TPSA) is 38.8 Å². The van der Waals surface area contributed by atoms with Gasteiger partial charge in [0, 0.05) is 18.9 Å². The fourth-order valence-electron chi connectivity index (χ4n) is 2.06. The summed E-state index contributed by atoms with van der Waals surface area (Å²) < 4.78 is 11.1. The summed E-state index contributed by atoms with van der Waals surface area (Å²) in [5, 5.41) is 0. The van der Waals surface area contributed by atoms with Crippen LogP contribution < -0.4 is 0 Å². The molecule has 4 nitrogen and oxygen atoms in total. The zero-order valence-corrected chi connectivity index (χ0v) is 9.73. The molecular formula is C12H17NO3. The molecule has 2 saturated heterocycles. The van der Waals surface area contributed by atoms with Crippen LogP contribution >= 0.6 is 0 Å². The highest BCUT2D eigenvalue weighted by Gasteiger charge is 2.38. The summed E-state index contributed by atoms with van der Waals surface area (Å²) in [4.78, 5) is 13.5. The van der Waals surface area contributed by atoms with E-state index in [1.54, 1.807) is 4.90 Å². The van der Waals surface area contributed by atoms with E-state index in [0.717, 1.165) is 0 Å². The maximum absolute atomic E-state index is 11.7. The third-order valence-corrected chi connectivity index (χ3v) is 3.08. The fourth-order valence-corrected chi connectivity index (χ4v) is 2.06. The predicted octanol–water partition coefficient (Wildman–Crippen LogP) is 0.620. The minimum atomic E-state index is -0.537. The van der Waals surface area contributed by atoms with Crippen molar-refractivity contribution in [2.75, 3.05) is 19.8 Å². The fraction of sp³-hybridized carbons (Fsp3) is 0.750. The molecule has 0 saturated carbocycles. The lowest BCUT2D eigenvalue weighted by Crippen LogP contribution is -2.51. The van der Waals surface area contributed by atoms with E-state index in [4.69, 9.17) is 15.9 Å². The van der Waals surface area contributed by atoms with Crippen LogP contribution in [0.15, 0.2) is 0 Å². The molecule has 2 rings (SSSR count). The van der Waals surface area contributed by atoms with Gasteiger partial charge < -0.3 is 14.4 Å². The maximum atomic E-state index is 11.7. The summed E-state index contributed by atoms with van der Waals surface area (Å²) in [6.45, 7) is 5.43. The van der Waals surface area contributed by atoms with Crippen LogP contribution in [-0.2, 0) is 14.3 Å². The molecule has 0 aromatic heterocycles. The summed E-state index contributed by atoms with van der Waals surface area (Å²) in [5.41, 5.74) is 0. The Kier molecular flexibility index (Phi) is 2.92. The van der Waals surface area contributed by atoms with Crippen LogP contribution in [0.4, 0.5) is 0 Å². The normalized spacial score (nSPS) is 30.4. The number of terminal acetylenes is 1. The summed E-state index contributed by atoms with van der Waals surface area (Å²) in [6.07, 6.45) is 5.79. The van der Waals surface area contributed by atoms with Crippen molar-refractivity contribution in [1.82, 2.24) is 4.90 Å². The second-order valence-corrected chi connectivity index (χ2v) is 4.79. The van der Waals surface area contributed by atoms with Crippen molar-refractivity contribution in [3.05, 3.63) is 0 Å². The van der Waals surface area contributed by atoms with Crippen molar-refractivity contribution in [2.45, 2.75) is 32.1 Å². The van der Waals surface area contributed by atoms with Crippen LogP contribution in [0.25, 0.3) is 0 Å².